The molecule has 0 radical (unpaired) electrons. The molecule has 0 amide bonds. The highest BCUT2D eigenvalue weighted by Crippen LogP contribution is 2.37. The van der Waals surface area contributed by atoms with E-state index in [4.69, 9.17) is 9.84 Å². The molecule has 0 aliphatic heterocycles. The monoisotopic (exact) mass is 259 g/mol. The quantitative estimate of drug-likeness (QED) is 0.880. The number of aliphatic carboxylic acids is 1. The molecular formula is C14H13NO4. The number of para-hydroxylation sites is 1. The first-order valence-electron chi connectivity index (χ1n) is 5.71. The summed E-state index contributed by atoms with van der Waals surface area (Å²) < 4.78 is 5.20. The molecule has 1 atom stereocenters. The maximum Gasteiger partial charge on any atom is 0.344 e. The summed E-state index contributed by atoms with van der Waals surface area (Å²) in [4.78, 5) is 14.7. The van der Waals surface area contributed by atoms with Crippen LogP contribution in [-0.4, -0.2) is 27.3 Å². The number of aromatic nitrogens is 1. The summed E-state index contributed by atoms with van der Waals surface area (Å²) in [6.07, 6.45) is 2.20. The summed E-state index contributed by atoms with van der Waals surface area (Å²) in [5, 5.41) is 18.9. The molecule has 2 aromatic rings. The number of rotatable bonds is 4. The van der Waals surface area contributed by atoms with Gasteiger partial charge in [-0.1, -0.05) is 12.1 Å². The zero-order chi connectivity index (χ0) is 13.8. The van der Waals surface area contributed by atoms with Crippen LogP contribution in [0.4, 0.5) is 0 Å². The number of pyridine rings is 1. The highest BCUT2D eigenvalue weighted by molar-refractivity contribution is 5.75. The van der Waals surface area contributed by atoms with E-state index in [1.54, 1.807) is 36.7 Å². The fourth-order valence-electron chi connectivity index (χ4n) is 1.62. The van der Waals surface area contributed by atoms with Gasteiger partial charge >= 0.3 is 5.97 Å². The van der Waals surface area contributed by atoms with Gasteiger partial charge in [0.25, 0.3) is 0 Å². The molecule has 1 aromatic heterocycles. The summed E-state index contributed by atoms with van der Waals surface area (Å²) in [7, 11) is 0. The van der Waals surface area contributed by atoms with Crippen molar-refractivity contribution in [1.82, 2.24) is 4.98 Å². The van der Waals surface area contributed by atoms with Gasteiger partial charge in [-0.25, -0.2) is 4.79 Å². The molecule has 0 aliphatic carbocycles. The largest absolute Gasteiger partial charge is 0.504 e. The standard InChI is InChI=1S/C14H13NO4/c1-9(14(17)18)19-12-4-2-3-11(13(12)16)10-5-7-15-8-6-10/h2-9,16H,1H3,(H,17,18). The minimum atomic E-state index is -1.09. The van der Waals surface area contributed by atoms with Crippen LogP contribution >= 0.6 is 0 Å². The predicted molar refractivity (Wildman–Crippen MR) is 69.1 cm³/mol. The van der Waals surface area contributed by atoms with Crippen LogP contribution in [0.3, 0.4) is 0 Å². The van der Waals surface area contributed by atoms with E-state index in [1.165, 1.54) is 13.0 Å². The molecule has 5 nitrogen and oxygen atoms in total. The first kappa shape index (κ1) is 12.9. The number of nitrogens with zero attached hydrogens (tertiary/aromatic N) is 1. The molecule has 19 heavy (non-hydrogen) atoms. The Morgan fingerprint density at radius 1 is 1.26 bits per heavy atom. The Labute approximate surface area is 110 Å². The first-order chi connectivity index (χ1) is 9.09. The predicted octanol–water partition coefficient (Wildman–Crippen LogP) is 2.31. The van der Waals surface area contributed by atoms with Crippen molar-refractivity contribution in [3.05, 3.63) is 42.7 Å². The molecule has 2 rings (SSSR count). The second-order valence-electron chi connectivity index (χ2n) is 3.99. The molecule has 0 aliphatic rings. The third-order valence-corrected chi connectivity index (χ3v) is 2.64. The Kier molecular flexibility index (Phi) is 3.66. The Hall–Kier alpha value is -2.56. The second-order valence-corrected chi connectivity index (χ2v) is 3.99. The van der Waals surface area contributed by atoms with Gasteiger partial charge in [-0.05, 0) is 30.7 Å². The third-order valence-electron chi connectivity index (χ3n) is 2.64. The molecule has 5 heteroatoms. The van der Waals surface area contributed by atoms with E-state index in [0.29, 0.717) is 5.56 Å². The fraction of sp³-hybridized carbons (Fsp3) is 0.143. The van der Waals surface area contributed by atoms with Gasteiger partial charge in [0.1, 0.15) is 0 Å². The van der Waals surface area contributed by atoms with Crippen LogP contribution in [0.2, 0.25) is 0 Å². The Bertz CT molecular complexity index is 583. The molecule has 0 saturated carbocycles. The molecule has 1 heterocycles. The van der Waals surface area contributed by atoms with Gasteiger partial charge in [-0.2, -0.15) is 0 Å². The molecule has 0 spiro atoms. The number of carboxylic acids is 1. The molecule has 0 fully saturated rings. The fourth-order valence-corrected chi connectivity index (χ4v) is 1.62. The number of phenolic OH excluding ortho intramolecular Hbond substituents is 1. The second kappa shape index (κ2) is 5.39. The van der Waals surface area contributed by atoms with Crippen LogP contribution in [0.25, 0.3) is 11.1 Å². The number of benzene rings is 1. The van der Waals surface area contributed by atoms with Gasteiger partial charge < -0.3 is 14.9 Å². The van der Waals surface area contributed by atoms with Crippen LogP contribution in [0.15, 0.2) is 42.7 Å². The third kappa shape index (κ3) is 2.82. The summed E-state index contributed by atoms with van der Waals surface area (Å²) in [6, 6.07) is 8.45. The highest BCUT2D eigenvalue weighted by Gasteiger charge is 2.16. The number of hydrogen-bond donors (Lipinski definition) is 2. The molecular weight excluding hydrogens is 246 g/mol. The highest BCUT2D eigenvalue weighted by atomic mass is 16.5. The van der Waals surface area contributed by atoms with Gasteiger partial charge in [-0.3, -0.25) is 4.98 Å². The van der Waals surface area contributed by atoms with Crippen molar-refractivity contribution in [1.29, 1.82) is 0 Å². The van der Waals surface area contributed by atoms with Gasteiger partial charge in [-0.15, -0.1) is 0 Å². The van der Waals surface area contributed by atoms with E-state index in [9.17, 15) is 9.90 Å². The summed E-state index contributed by atoms with van der Waals surface area (Å²) in [5.41, 5.74) is 1.35. The molecule has 1 unspecified atom stereocenters. The van der Waals surface area contributed by atoms with Crippen LogP contribution in [0, 0.1) is 0 Å². The van der Waals surface area contributed by atoms with Crippen LogP contribution in [0.1, 0.15) is 6.92 Å². The molecule has 2 N–H and O–H groups in total. The Morgan fingerprint density at radius 3 is 2.58 bits per heavy atom. The van der Waals surface area contributed by atoms with Crippen LogP contribution in [-0.2, 0) is 4.79 Å². The summed E-state index contributed by atoms with van der Waals surface area (Å²) >= 11 is 0. The maximum atomic E-state index is 10.8. The van der Waals surface area contributed by atoms with Crippen LogP contribution in [0.5, 0.6) is 11.5 Å². The molecule has 98 valence electrons. The number of carboxylic acid groups (broad SMARTS) is 1. The molecule has 0 bridgehead atoms. The summed E-state index contributed by atoms with van der Waals surface area (Å²) in [5.74, 6) is -1.03. The van der Waals surface area contributed by atoms with Gasteiger partial charge in [0.05, 0.1) is 0 Å². The minimum absolute atomic E-state index is 0.0817. The van der Waals surface area contributed by atoms with Crippen molar-refractivity contribution >= 4 is 5.97 Å². The van der Waals surface area contributed by atoms with Gasteiger partial charge in [0.15, 0.2) is 17.6 Å². The van der Waals surface area contributed by atoms with Crippen LogP contribution < -0.4 is 4.74 Å². The number of aromatic hydroxyl groups is 1. The normalized spacial score (nSPS) is 11.8. The van der Waals surface area contributed by atoms with E-state index < -0.39 is 12.1 Å². The number of ether oxygens (including phenoxy) is 1. The van der Waals surface area contributed by atoms with Crippen molar-refractivity contribution in [2.75, 3.05) is 0 Å². The molecule has 0 saturated heterocycles. The minimum Gasteiger partial charge on any atom is -0.504 e. The zero-order valence-electron chi connectivity index (χ0n) is 10.3. The van der Waals surface area contributed by atoms with E-state index in [2.05, 4.69) is 4.98 Å². The lowest BCUT2D eigenvalue weighted by Gasteiger charge is -2.14. The van der Waals surface area contributed by atoms with Crippen molar-refractivity contribution in [2.24, 2.45) is 0 Å². The van der Waals surface area contributed by atoms with Crippen molar-refractivity contribution in [2.45, 2.75) is 13.0 Å². The SMILES string of the molecule is CC(Oc1cccc(-c2ccncc2)c1O)C(=O)O. The lowest BCUT2D eigenvalue weighted by molar-refractivity contribution is -0.144. The number of hydrogen-bond acceptors (Lipinski definition) is 4. The van der Waals surface area contributed by atoms with E-state index in [-0.39, 0.29) is 11.5 Å². The lowest BCUT2D eigenvalue weighted by atomic mass is 10.1. The molecule has 1 aromatic carbocycles. The van der Waals surface area contributed by atoms with E-state index in [0.717, 1.165) is 5.56 Å². The van der Waals surface area contributed by atoms with Gasteiger partial charge in [0, 0.05) is 18.0 Å². The smallest absolute Gasteiger partial charge is 0.344 e. The van der Waals surface area contributed by atoms with E-state index >= 15 is 0 Å². The van der Waals surface area contributed by atoms with E-state index in [1.807, 2.05) is 0 Å². The summed E-state index contributed by atoms with van der Waals surface area (Å²) in [6.45, 7) is 1.40. The van der Waals surface area contributed by atoms with Crippen molar-refractivity contribution in [3.63, 3.8) is 0 Å². The van der Waals surface area contributed by atoms with Gasteiger partial charge in [0.2, 0.25) is 0 Å². The van der Waals surface area contributed by atoms with Crippen molar-refractivity contribution < 1.29 is 19.7 Å². The number of phenols is 1. The van der Waals surface area contributed by atoms with Crippen molar-refractivity contribution in [3.8, 4) is 22.6 Å². The zero-order valence-corrected chi connectivity index (χ0v) is 10.3. The average Bonchev–Trinajstić information content (AvgIpc) is 2.42. The first-order valence-corrected chi connectivity index (χ1v) is 5.71. The number of carbonyl (C=O) groups is 1. The topological polar surface area (TPSA) is 79.7 Å². The Morgan fingerprint density at radius 2 is 1.95 bits per heavy atom. The Balaban J connectivity index is 2.36. The maximum absolute atomic E-state index is 10.8. The lowest BCUT2D eigenvalue weighted by Crippen LogP contribution is -2.22. The average molecular weight is 259 g/mol.